The standard InChI is InChI=1S/C34H26BrN3O7/c1-18-5-3-8-25-30(18)33(41)37(32(25)40)23-11-9-20(10-12-23)28-16-27(26-15-22(35)13-19(2)31(26)36-28)34(42)45-17-29(39)21-6-4-7-24(14-21)38(43)44/h3-7,9-16,18,25,30H,8,17H2,1-2H3. The summed E-state index contributed by atoms with van der Waals surface area (Å²) >= 11 is 3.46. The number of pyridine rings is 1. The van der Waals surface area contributed by atoms with Crippen molar-refractivity contribution in [1.29, 1.82) is 0 Å². The van der Waals surface area contributed by atoms with Crippen LogP contribution in [0.25, 0.3) is 22.2 Å². The third-order valence-electron chi connectivity index (χ3n) is 8.30. The summed E-state index contributed by atoms with van der Waals surface area (Å²) in [6.07, 6.45) is 4.49. The van der Waals surface area contributed by atoms with Crippen molar-refractivity contribution in [2.45, 2.75) is 20.3 Å². The van der Waals surface area contributed by atoms with Crippen LogP contribution >= 0.6 is 15.9 Å². The van der Waals surface area contributed by atoms with E-state index in [0.29, 0.717) is 34.3 Å². The van der Waals surface area contributed by atoms with E-state index in [2.05, 4.69) is 15.9 Å². The Hall–Kier alpha value is -5.03. The summed E-state index contributed by atoms with van der Waals surface area (Å²) in [6.45, 7) is 3.19. The van der Waals surface area contributed by atoms with Crippen molar-refractivity contribution in [2.75, 3.05) is 11.5 Å². The number of nitrogens with zero attached hydrogens (tertiary/aromatic N) is 3. The smallest absolute Gasteiger partial charge is 0.339 e. The van der Waals surface area contributed by atoms with E-state index < -0.39 is 23.3 Å². The molecule has 1 aromatic heterocycles. The molecular weight excluding hydrogens is 642 g/mol. The van der Waals surface area contributed by atoms with Crippen molar-refractivity contribution in [2.24, 2.45) is 17.8 Å². The summed E-state index contributed by atoms with van der Waals surface area (Å²) < 4.78 is 6.12. The number of halogens is 1. The summed E-state index contributed by atoms with van der Waals surface area (Å²) in [4.78, 5) is 69.1. The molecule has 0 saturated carbocycles. The lowest BCUT2D eigenvalue weighted by atomic mass is 9.78. The predicted octanol–water partition coefficient (Wildman–Crippen LogP) is 6.62. The van der Waals surface area contributed by atoms with Crippen molar-refractivity contribution in [3.63, 3.8) is 0 Å². The zero-order valence-electron chi connectivity index (χ0n) is 24.2. The Balaban J connectivity index is 1.30. The highest BCUT2D eigenvalue weighted by Gasteiger charge is 2.50. The number of fused-ring (bicyclic) bond motifs is 2. The van der Waals surface area contributed by atoms with E-state index in [-0.39, 0.29) is 46.4 Å². The number of benzene rings is 3. The minimum absolute atomic E-state index is 0.0192. The van der Waals surface area contributed by atoms with Crippen molar-refractivity contribution in [3.05, 3.63) is 110 Å². The second-order valence-electron chi connectivity index (χ2n) is 11.2. The quantitative estimate of drug-likeness (QED) is 0.0535. The molecule has 0 bridgehead atoms. The van der Waals surface area contributed by atoms with E-state index in [1.54, 1.807) is 36.4 Å². The SMILES string of the molecule is Cc1cc(Br)cc2c(C(=O)OCC(=O)c3cccc([N+](=O)[O-])c3)cc(-c3ccc(N4C(=O)C5CC=CC(C)C5C4=O)cc3)nc12. The number of rotatable bonds is 7. The van der Waals surface area contributed by atoms with Crippen LogP contribution in [0.2, 0.25) is 0 Å². The summed E-state index contributed by atoms with van der Waals surface area (Å²) in [6, 6.07) is 17.2. The molecule has 10 nitrogen and oxygen atoms in total. The number of imide groups is 1. The number of hydrogen-bond acceptors (Lipinski definition) is 8. The molecule has 45 heavy (non-hydrogen) atoms. The number of non-ortho nitro benzene ring substituents is 1. The number of nitro benzene ring substituents is 1. The molecular formula is C34H26BrN3O7. The fourth-order valence-corrected chi connectivity index (χ4v) is 6.61. The first-order chi connectivity index (χ1) is 21.5. The van der Waals surface area contributed by atoms with Crippen LogP contribution < -0.4 is 4.90 Å². The van der Waals surface area contributed by atoms with Crippen LogP contribution in [0, 0.1) is 34.8 Å². The van der Waals surface area contributed by atoms with Gasteiger partial charge in [-0.15, -0.1) is 0 Å². The lowest BCUT2D eigenvalue weighted by Crippen LogP contribution is -2.31. The number of carbonyl (C=O) groups excluding carboxylic acids is 4. The maximum Gasteiger partial charge on any atom is 0.339 e. The average Bonchev–Trinajstić information content (AvgIpc) is 3.29. The van der Waals surface area contributed by atoms with Gasteiger partial charge < -0.3 is 4.74 Å². The molecule has 226 valence electrons. The van der Waals surface area contributed by atoms with Crippen LogP contribution in [0.4, 0.5) is 11.4 Å². The Kier molecular flexibility index (Phi) is 7.88. The summed E-state index contributed by atoms with van der Waals surface area (Å²) in [7, 11) is 0. The Bertz CT molecular complexity index is 1950. The number of Topliss-reactive ketones (excluding diaryl/α,β-unsaturated/α-hetero) is 1. The summed E-state index contributed by atoms with van der Waals surface area (Å²) in [5, 5.41) is 11.6. The Morgan fingerprint density at radius 1 is 1.07 bits per heavy atom. The van der Waals surface area contributed by atoms with Crippen molar-refractivity contribution in [3.8, 4) is 11.3 Å². The van der Waals surface area contributed by atoms with Gasteiger partial charge in [0.1, 0.15) is 0 Å². The monoisotopic (exact) mass is 667 g/mol. The molecule has 0 spiro atoms. The lowest BCUT2D eigenvalue weighted by Gasteiger charge is -2.22. The van der Waals surface area contributed by atoms with Crippen molar-refractivity contribution in [1.82, 2.24) is 4.98 Å². The van der Waals surface area contributed by atoms with Crippen molar-refractivity contribution < 1.29 is 28.8 Å². The molecule has 11 heteroatoms. The van der Waals surface area contributed by atoms with Gasteiger partial charge in [0.25, 0.3) is 5.69 Å². The topological polar surface area (TPSA) is 137 Å². The van der Waals surface area contributed by atoms with Crippen LogP contribution in [0.15, 0.2) is 83.4 Å². The molecule has 3 aromatic carbocycles. The maximum atomic E-state index is 13.4. The lowest BCUT2D eigenvalue weighted by molar-refractivity contribution is -0.384. The molecule has 2 heterocycles. The van der Waals surface area contributed by atoms with Crippen LogP contribution in [0.3, 0.4) is 0 Å². The molecule has 2 aliphatic rings. The highest BCUT2D eigenvalue weighted by molar-refractivity contribution is 9.10. The van der Waals surface area contributed by atoms with Crippen molar-refractivity contribution >= 4 is 61.8 Å². The maximum absolute atomic E-state index is 13.4. The summed E-state index contributed by atoms with van der Waals surface area (Å²) in [5.74, 6) is -2.52. The Labute approximate surface area is 266 Å². The van der Waals surface area contributed by atoms with Gasteiger partial charge in [-0.2, -0.15) is 0 Å². The zero-order chi connectivity index (χ0) is 32.0. The minimum atomic E-state index is -0.768. The third-order valence-corrected chi connectivity index (χ3v) is 8.75. The van der Waals surface area contributed by atoms with E-state index >= 15 is 0 Å². The number of esters is 1. The molecule has 6 rings (SSSR count). The van der Waals surface area contributed by atoms with E-state index in [1.807, 2.05) is 32.1 Å². The van der Waals surface area contributed by atoms with Gasteiger partial charge >= 0.3 is 5.97 Å². The van der Waals surface area contributed by atoms with Gasteiger partial charge in [0, 0.05) is 33.1 Å². The molecule has 1 aliphatic carbocycles. The van der Waals surface area contributed by atoms with Gasteiger partial charge in [-0.05, 0) is 55.2 Å². The molecule has 1 fully saturated rings. The van der Waals surface area contributed by atoms with Crippen LogP contribution in [-0.4, -0.2) is 40.1 Å². The van der Waals surface area contributed by atoms with Crippen LogP contribution in [-0.2, 0) is 14.3 Å². The molecule has 1 aliphatic heterocycles. The van der Waals surface area contributed by atoms with E-state index in [0.717, 1.165) is 16.1 Å². The second-order valence-corrected chi connectivity index (χ2v) is 12.1. The van der Waals surface area contributed by atoms with Gasteiger partial charge in [0.15, 0.2) is 6.61 Å². The largest absolute Gasteiger partial charge is 0.454 e. The van der Waals surface area contributed by atoms with E-state index in [4.69, 9.17) is 9.72 Å². The first kappa shape index (κ1) is 30.0. The third kappa shape index (κ3) is 5.55. The highest BCUT2D eigenvalue weighted by atomic mass is 79.9. The molecule has 1 saturated heterocycles. The summed E-state index contributed by atoms with van der Waals surface area (Å²) in [5.41, 5.74) is 2.87. The number of nitro groups is 1. The van der Waals surface area contributed by atoms with Crippen LogP contribution in [0.1, 0.15) is 39.6 Å². The predicted molar refractivity (Wildman–Crippen MR) is 170 cm³/mol. The highest BCUT2D eigenvalue weighted by Crippen LogP contribution is 2.41. The van der Waals surface area contributed by atoms with E-state index in [9.17, 15) is 29.3 Å². The van der Waals surface area contributed by atoms with Crippen LogP contribution in [0.5, 0.6) is 0 Å². The average molecular weight is 669 g/mol. The number of allylic oxidation sites excluding steroid dienone is 2. The Morgan fingerprint density at radius 2 is 1.82 bits per heavy atom. The zero-order valence-corrected chi connectivity index (χ0v) is 25.8. The number of hydrogen-bond donors (Lipinski definition) is 0. The fraction of sp³-hybridized carbons (Fsp3) is 0.206. The molecule has 3 unspecified atom stereocenters. The number of ketones is 1. The number of ether oxygens (including phenoxy) is 1. The first-order valence-corrected chi connectivity index (χ1v) is 15.0. The van der Waals surface area contributed by atoms with Gasteiger partial charge in [-0.25, -0.2) is 9.78 Å². The molecule has 0 radical (unpaired) electrons. The normalized spacial score (nSPS) is 19.1. The molecule has 3 atom stereocenters. The number of aromatic nitrogens is 1. The number of carbonyl (C=O) groups is 4. The number of amides is 2. The van der Waals surface area contributed by atoms with Gasteiger partial charge in [0.2, 0.25) is 17.6 Å². The van der Waals surface area contributed by atoms with Gasteiger partial charge in [-0.3, -0.25) is 29.4 Å². The van der Waals surface area contributed by atoms with Gasteiger partial charge in [-0.1, -0.05) is 59.3 Å². The van der Waals surface area contributed by atoms with Gasteiger partial charge in [0.05, 0.1) is 39.2 Å². The Morgan fingerprint density at radius 3 is 2.53 bits per heavy atom. The van der Waals surface area contributed by atoms with E-state index in [1.165, 1.54) is 23.1 Å². The molecule has 2 amide bonds. The number of anilines is 1. The molecule has 4 aromatic rings. The second kappa shape index (κ2) is 11.8. The minimum Gasteiger partial charge on any atom is -0.454 e. The molecule has 0 N–H and O–H groups in total. The fourth-order valence-electron chi connectivity index (χ4n) is 6.04. The first-order valence-electron chi connectivity index (χ1n) is 14.2. The number of aryl methyl sites for hydroxylation is 1.